The number of fused-ring (bicyclic) bond motifs is 1. The molecular formula is C26H29N5O2. The number of carbonyl (C=O) groups is 2. The van der Waals surface area contributed by atoms with Gasteiger partial charge in [-0.25, -0.2) is 0 Å². The van der Waals surface area contributed by atoms with E-state index in [-0.39, 0.29) is 11.8 Å². The second-order valence-electron chi connectivity index (χ2n) is 8.30. The fourth-order valence-electron chi connectivity index (χ4n) is 3.81. The molecule has 7 heteroatoms. The Morgan fingerprint density at radius 2 is 1.67 bits per heavy atom. The van der Waals surface area contributed by atoms with Crippen molar-refractivity contribution >= 4 is 34.6 Å². The van der Waals surface area contributed by atoms with Crippen molar-refractivity contribution in [2.75, 3.05) is 43.1 Å². The summed E-state index contributed by atoms with van der Waals surface area (Å²) in [4.78, 5) is 27.5. The minimum absolute atomic E-state index is 0.186. The molecule has 4 rings (SSSR count). The van der Waals surface area contributed by atoms with Crippen LogP contribution in [0.1, 0.15) is 32.7 Å². The monoisotopic (exact) mass is 443 g/mol. The Hall–Kier alpha value is -3.84. The Morgan fingerprint density at radius 3 is 2.39 bits per heavy atom. The van der Waals surface area contributed by atoms with Gasteiger partial charge < -0.3 is 26.2 Å². The molecule has 1 heterocycles. The normalized spacial score (nSPS) is 12.3. The van der Waals surface area contributed by atoms with E-state index in [4.69, 9.17) is 0 Å². The number of hydrogen-bond acceptors (Lipinski definition) is 5. The van der Waals surface area contributed by atoms with Crippen LogP contribution in [0.2, 0.25) is 0 Å². The van der Waals surface area contributed by atoms with Gasteiger partial charge in [0.2, 0.25) is 0 Å². The van der Waals surface area contributed by atoms with E-state index in [0.717, 1.165) is 42.1 Å². The average Bonchev–Trinajstić information content (AvgIpc) is 3.21. The van der Waals surface area contributed by atoms with Gasteiger partial charge in [0.05, 0.1) is 11.3 Å². The highest BCUT2D eigenvalue weighted by molar-refractivity contribution is 6.11. The van der Waals surface area contributed by atoms with Gasteiger partial charge in [0.1, 0.15) is 0 Å². The second kappa shape index (κ2) is 10.2. The number of benzene rings is 3. The Bertz CT molecular complexity index is 1130. The van der Waals surface area contributed by atoms with E-state index < -0.39 is 0 Å². The summed E-state index contributed by atoms with van der Waals surface area (Å²) in [6.45, 7) is 2.31. The Labute approximate surface area is 194 Å². The number of rotatable bonds is 9. The molecule has 4 N–H and O–H groups in total. The van der Waals surface area contributed by atoms with Crippen LogP contribution >= 0.6 is 0 Å². The predicted molar refractivity (Wildman–Crippen MR) is 133 cm³/mol. The maximum atomic E-state index is 12.9. The lowest BCUT2D eigenvalue weighted by atomic mass is 10.0. The largest absolute Gasteiger partial charge is 0.385 e. The number of amides is 2. The first-order chi connectivity index (χ1) is 16.0. The standard InChI is InChI=1S/C26H29N5O2/c1-31(2)16-6-15-27-19-11-9-18(10-12-19)25(32)30-23-14-13-22(21-17-28-26(33)24(21)23)29-20-7-4-3-5-8-20/h3-5,7-14,27,29H,6,15-17H2,1-2H3,(H,28,33)(H,30,32). The van der Waals surface area contributed by atoms with Crippen LogP contribution in [-0.2, 0) is 6.54 Å². The Morgan fingerprint density at radius 1 is 0.939 bits per heavy atom. The third kappa shape index (κ3) is 5.51. The molecule has 0 radical (unpaired) electrons. The van der Waals surface area contributed by atoms with Crippen LogP contribution in [0.25, 0.3) is 0 Å². The number of carbonyl (C=O) groups excluding carboxylic acids is 2. The molecule has 170 valence electrons. The first-order valence-electron chi connectivity index (χ1n) is 11.1. The summed E-state index contributed by atoms with van der Waals surface area (Å²) < 4.78 is 0. The first-order valence-corrected chi connectivity index (χ1v) is 11.1. The lowest BCUT2D eigenvalue weighted by Crippen LogP contribution is -2.17. The highest BCUT2D eigenvalue weighted by Gasteiger charge is 2.26. The molecule has 2 amide bonds. The summed E-state index contributed by atoms with van der Waals surface area (Å²) in [5, 5.41) is 12.5. The molecule has 0 unspecified atom stereocenters. The van der Waals surface area contributed by atoms with Crippen molar-refractivity contribution in [3.05, 3.63) is 83.4 Å². The highest BCUT2D eigenvalue weighted by atomic mass is 16.2. The van der Waals surface area contributed by atoms with Gasteiger partial charge in [-0.2, -0.15) is 0 Å². The molecule has 3 aromatic carbocycles. The number of anilines is 4. The van der Waals surface area contributed by atoms with Gasteiger partial charge in [0.15, 0.2) is 0 Å². The van der Waals surface area contributed by atoms with Crippen LogP contribution in [0.4, 0.5) is 22.7 Å². The van der Waals surface area contributed by atoms with Crippen LogP contribution in [0.15, 0.2) is 66.7 Å². The van der Waals surface area contributed by atoms with Crippen LogP contribution in [0.5, 0.6) is 0 Å². The molecule has 0 aromatic heterocycles. The quantitative estimate of drug-likeness (QED) is 0.371. The smallest absolute Gasteiger partial charge is 0.255 e. The summed E-state index contributed by atoms with van der Waals surface area (Å²) in [6.07, 6.45) is 1.04. The molecule has 1 aliphatic rings. The number of hydrogen-bond donors (Lipinski definition) is 4. The maximum absolute atomic E-state index is 12.9. The SMILES string of the molecule is CN(C)CCCNc1ccc(C(=O)Nc2ccc(Nc3ccccc3)c3c2C(=O)NC3)cc1. The maximum Gasteiger partial charge on any atom is 0.255 e. The molecule has 0 fully saturated rings. The molecule has 33 heavy (non-hydrogen) atoms. The zero-order valence-corrected chi connectivity index (χ0v) is 18.9. The molecule has 7 nitrogen and oxygen atoms in total. The van der Waals surface area contributed by atoms with Crippen molar-refractivity contribution in [3.63, 3.8) is 0 Å². The van der Waals surface area contributed by atoms with E-state index in [1.165, 1.54) is 0 Å². The topological polar surface area (TPSA) is 85.5 Å². The van der Waals surface area contributed by atoms with E-state index in [1.807, 2.05) is 48.5 Å². The van der Waals surface area contributed by atoms with Crippen LogP contribution in [-0.4, -0.2) is 43.9 Å². The Balaban J connectivity index is 1.45. The fourth-order valence-corrected chi connectivity index (χ4v) is 3.81. The fraction of sp³-hybridized carbons (Fsp3) is 0.231. The first kappa shape index (κ1) is 22.4. The van der Waals surface area contributed by atoms with E-state index in [0.29, 0.717) is 23.4 Å². The Kier molecular flexibility index (Phi) is 6.90. The molecule has 0 bridgehead atoms. The molecule has 0 saturated carbocycles. The van der Waals surface area contributed by atoms with Gasteiger partial charge in [0.25, 0.3) is 11.8 Å². The van der Waals surface area contributed by atoms with Crippen LogP contribution in [0.3, 0.4) is 0 Å². The number of para-hydroxylation sites is 1. The van der Waals surface area contributed by atoms with Crippen molar-refractivity contribution in [1.82, 2.24) is 10.2 Å². The van der Waals surface area contributed by atoms with Gasteiger partial charge in [-0.3, -0.25) is 9.59 Å². The van der Waals surface area contributed by atoms with Gasteiger partial charge >= 0.3 is 0 Å². The molecule has 0 saturated heterocycles. The predicted octanol–water partition coefficient (Wildman–Crippen LogP) is 4.29. The number of nitrogens with zero attached hydrogens (tertiary/aromatic N) is 1. The minimum atomic E-state index is -0.250. The zero-order valence-electron chi connectivity index (χ0n) is 18.9. The summed E-state index contributed by atoms with van der Waals surface area (Å²) in [5.74, 6) is -0.436. The van der Waals surface area contributed by atoms with Crippen molar-refractivity contribution in [2.45, 2.75) is 13.0 Å². The van der Waals surface area contributed by atoms with Crippen LogP contribution in [0, 0.1) is 0 Å². The second-order valence-corrected chi connectivity index (χ2v) is 8.30. The van der Waals surface area contributed by atoms with Gasteiger partial charge in [-0.15, -0.1) is 0 Å². The van der Waals surface area contributed by atoms with E-state index >= 15 is 0 Å². The van der Waals surface area contributed by atoms with E-state index in [1.54, 1.807) is 18.2 Å². The zero-order chi connectivity index (χ0) is 23.2. The summed E-state index contributed by atoms with van der Waals surface area (Å²) in [6, 6.07) is 20.8. The van der Waals surface area contributed by atoms with Gasteiger partial charge in [-0.1, -0.05) is 18.2 Å². The van der Waals surface area contributed by atoms with Crippen molar-refractivity contribution in [1.29, 1.82) is 0 Å². The van der Waals surface area contributed by atoms with Crippen molar-refractivity contribution in [2.24, 2.45) is 0 Å². The van der Waals surface area contributed by atoms with Crippen molar-refractivity contribution in [3.8, 4) is 0 Å². The summed E-state index contributed by atoms with van der Waals surface area (Å²) in [5.41, 5.74) is 5.15. The van der Waals surface area contributed by atoms with Gasteiger partial charge in [-0.05, 0) is 75.6 Å². The molecule has 0 spiro atoms. The average molecular weight is 444 g/mol. The molecule has 0 aliphatic carbocycles. The van der Waals surface area contributed by atoms with Crippen LogP contribution < -0.4 is 21.3 Å². The van der Waals surface area contributed by atoms with E-state index in [2.05, 4.69) is 40.3 Å². The van der Waals surface area contributed by atoms with E-state index in [9.17, 15) is 9.59 Å². The molecule has 3 aromatic rings. The lowest BCUT2D eigenvalue weighted by molar-refractivity contribution is 0.0966. The molecular weight excluding hydrogens is 414 g/mol. The van der Waals surface area contributed by atoms with Gasteiger partial charge in [0, 0.05) is 41.3 Å². The molecule has 0 atom stereocenters. The summed E-state index contributed by atoms with van der Waals surface area (Å²) >= 11 is 0. The highest BCUT2D eigenvalue weighted by Crippen LogP contribution is 2.33. The lowest BCUT2D eigenvalue weighted by Gasteiger charge is -2.14. The van der Waals surface area contributed by atoms with Crippen molar-refractivity contribution < 1.29 is 9.59 Å². The number of nitrogens with one attached hydrogen (secondary N) is 4. The third-order valence-corrected chi connectivity index (χ3v) is 5.52. The third-order valence-electron chi connectivity index (χ3n) is 5.52. The molecule has 1 aliphatic heterocycles. The minimum Gasteiger partial charge on any atom is -0.385 e. The summed E-state index contributed by atoms with van der Waals surface area (Å²) in [7, 11) is 4.11.